The molecule has 0 fully saturated rings. The summed E-state index contributed by atoms with van der Waals surface area (Å²) >= 11 is 1.24. The molecule has 0 bridgehead atoms. The molecule has 0 aliphatic carbocycles. The monoisotopic (exact) mass is 357 g/mol. The molecule has 2 aromatic rings. The highest BCUT2D eigenvalue weighted by Crippen LogP contribution is 2.06. The molecule has 0 spiro atoms. The zero-order valence-corrected chi connectivity index (χ0v) is 15.2. The van der Waals surface area contributed by atoms with Crippen molar-refractivity contribution in [1.82, 2.24) is 15.2 Å². The number of urea groups is 1. The maximum atomic E-state index is 12.5. The summed E-state index contributed by atoms with van der Waals surface area (Å²) in [7, 11) is 0. The molecule has 2 rings (SSSR count). The number of pyridine rings is 1. The van der Waals surface area contributed by atoms with Gasteiger partial charge in [0.25, 0.3) is 0 Å². The molecule has 0 saturated carbocycles. The Balaban J connectivity index is 1.89. The van der Waals surface area contributed by atoms with Crippen LogP contribution in [0.3, 0.4) is 0 Å². The van der Waals surface area contributed by atoms with E-state index < -0.39 is 0 Å². The molecule has 1 N–H and O–H groups in total. The second-order valence-electron chi connectivity index (χ2n) is 5.54. The van der Waals surface area contributed by atoms with Crippen LogP contribution in [-0.2, 0) is 17.8 Å². The molecule has 0 aliphatic heterocycles. The van der Waals surface area contributed by atoms with E-state index in [2.05, 4.69) is 10.3 Å². The van der Waals surface area contributed by atoms with Gasteiger partial charge in [-0.3, -0.25) is 9.78 Å². The molecule has 1 heterocycles. The normalized spacial score (nSPS) is 10.3. The van der Waals surface area contributed by atoms with Crippen LogP contribution in [0.1, 0.15) is 18.2 Å². The lowest BCUT2D eigenvalue weighted by molar-refractivity contribution is -0.109. The molecule has 0 unspecified atom stereocenters. The number of benzene rings is 1. The molecule has 6 heteroatoms. The minimum Gasteiger partial charge on any atom is -0.332 e. The van der Waals surface area contributed by atoms with Gasteiger partial charge in [0.2, 0.25) is 0 Å². The minimum atomic E-state index is -0.134. The number of nitrogens with one attached hydrogen (secondary N) is 1. The van der Waals surface area contributed by atoms with E-state index in [-0.39, 0.29) is 11.1 Å². The summed E-state index contributed by atoms with van der Waals surface area (Å²) in [4.78, 5) is 29.6. The smallest absolute Gasteiger partial charge is 0.317 e. The van der Waals surface area contributed by atoms with Crippen LogP contribution in [0, 0.1) is 0 Å². The molecule has 1 aromatic heterocycles. The van der Waals surface area contributed by atoms with E-state index in [1.54, 1.807) is 18.0 Å². The Kier molecular flexibility index (Phi) is 7.98. The van der Waals surface area contributed by atoms with Gasteiger partial charge in [-0.25, -0.2) is 4.79 Å². The Morgan fingerprint density at radius 3 is 2.52 bits per heavy atom. The maximum Gasteiger partial charge on any atom is 0.317 e. The van der Waals surface area contributed by atoms with Crippen LogP contribution in [0.2, 0.25) is 0 Å². The highest BCUT2D eigenvalue weighted by Gasteiger charge is 2.13. The predicted molar refractivity (Wildman–Crippen MR) is 101 cm³/mol. The van der Waals surface area contributed by atoms with E-state index in [1.807, 2.05) is 48.5 Å². The second kappa shape index (κ2) is 10.5. The van der Waals surface area contributed by atoms with Gasteiger partial charge in [-0.15, -0.1) is 0 Å². The van der Waals surface area contributed by atoms with Crippen molar-refractivity contribution in [3.8, 4) is 0 Å². The van der Waals surface area contributed by atoms with Gasteiger partial charge in [0.15, 0.2) is 5.12 Å². The maximum absolute atomic E-state index is 12.5. The molecule has 132 valence electrons. The van der Waals surface area contributed by atoms with Crippen molar-refractivity contribution >= 4 is 22.9 Å². The first-order valence-electron chi connectivity index (χ1n) is 8.25. The first-order valence-corrected chi connectivity index (χ1v) is 9.23. The van der Waals surface area contributed by atoms with Crippen LogP contribution < -0.4 is 5.32 Å². The van der Waals surface area contributed by atoms with Gasteiger partial charge in [0.05, 0.1) is 12.2 Å². The van der Waals surface area contributed by atoms with Crippen LogP contribution in [-0.4, -0.2) is 39.9 Å². The molecule has 2 amide bonds. The largest absolute Gasteiger partial charge is 0.332 e. The Morgan fingerprint density at radius 1 is 1.08 bits per heavy atom. The summed E-state index contributed by atoms with van der Waals surface area (Å²) in [5.74, 6) is 0.598. The van der Waals surface area contributed by atoms with Crippen LogP contribution in [0.15, 0.2) is 54.7 Å². The van der Waals surface area contributed by atoms with Crippen LogP contribution >= 0.6 is 11.8 Å². The molecule has 1 aromatic carbocycles. The first kappa shape index (κ1) is 19.0. The van der Waals surface area contributed by atoms with Crippen molar-refractivity contribution < 1.29 is 9.59 Å². The molecule has 25 heavy (non-hydrogen) atoms. The molecular formula is C19H23N3O2S. The first-order chi connectivity index (χ1) is 12.1. The zero-order chi connectivity index (χ0) is 17.9. The lowest BCUT2D eigenvalue weighted by Gasteiger charge is -2.23. The van der Waals surface area contributed by atoms with Crippen molar-refractivity contribution in [2.75, 3.05) is 18.8 Å². The van der Waals surface area contributed by atoms with E-state index in [4.69, 9.17) is 0 Å². The highest BCUT2D eigenvalue weighted by molar-refractivity contribution is 8.13. The van der Waals surface area contributed by atoms with E-state index in [0.717, 1.165) is 12.1 Å². The van der Waals surface area contributed by atoms with Gasteiger partial charge < -0.3 is 10.2 Å². The third-order valence-electron chi connectivity index (χ3n) is 3.61. The standard InChI is InChI=1S/C19H23N3O2S/c1-16(23)25-14-13-22(12-10-17-7-3-2-4-8-17)19(24)21-15-18-9-5-6-11-20-18/h2-9,11H,10,12-15H2,1H3,(H,21,24). The van der Waals surface area contributed by atoms with Crippen molar-refractivity contribution in [2.24, 2.45) is 0 Å². The van der Waals surface area contributed by atoms with Crippen molar-refractivity contribution in [3.05, 3.63) is 66.0 Å². The van der Waals surface area contributed by atoms with Gasteiger partial charge in [0, 0.05) is 32.0 Å². The summed E-state index contributed by atoms with van der Waals surface area (Å²) in [5, 5.41) is 2.97. The Labute approximate surface area is 152 Å². The van der Waals surface area contributed by atoms with E-state index in [9.17, 15) is 9.59 Å². The van der Waals surface area contributed by atoms with E-state index >= 15 is 0 Å². The van der Waals surface area contributed by atoms with Crippen molar-refractivity contribution in [2.45, 2.75) is 19.9 Å². The summed E-state index contributed by atoms with van der Waals surface area (Å²) < 4.78 is 0. The summed E-state index contributed by atoms with van der Waals surface area (Å²) in [6.45, 7) is 3.07. The van der Waals surface area contributed by atoms with Gasteiger partial charge in [-0.1, -0.05) is 48.2 Å². The molecular weight excluding hydrogens is 334 g/mol. The Hall–Kier alpha value is -2.34. The van der Waals surface area contributed by atoms with Gasteiger partial charge in [-0.2, -0.15) is 0 Å². The number of amides is 2. The summed E-state index contributed by atoms with van der Waals surface area (Å²) in [5.41, 5.74) is 2.00. The molecule has 0 atom stereocenters. The Morgan fingerprint density at radius 2 is 1.84 bits per heavy atom. The predicted octanol–water partition coefficient (Wildman–Crippen LogP) is 3.12. The van der Waals surface area contributed by atoms with E-state index in [1.165, 1.54) is 17.3 Å². The lowest BCUT2D eigenvalue weighted by atomic mass is 10.1. The molecule has 5 nitrogen and oxygen atoms in total. The molecule has 0 radical (unpaired) electrons. The fraction of sp³-hybridized carbons (Fsp3) is 0.316. The van der Waals surface area contributed by atoms with Gasteiger partial charge in [0.1, 0.15) is 0 Å². The molecule has 0 aliphatic rings. The zero-order valence-electron chi connectivity index (χ0n) is 14.4. The number of thioether (sulfide) groups is 1. The topological polar surface area (TPSA) is 62.3 Å². The fourth-order valence-electron chi connectivity index (χ4n) is 2.30. The number of carbonyl (C=O) groups is 2. The van der Waals surface area contributed by atoms with Crippen LogP contribution in [0.4, 0.5) is 4.79 Å². The summed E-state index contributed by atoms with van der Waals surface area (Å²) in [6, 6.07) is 15.5. The Bertz CT molecular complexity index is 665. The van der Waals surface area contributed by atoms with Crippen LogP contribution in [0.5, 0.6) is 0 Å². The minimum absolute atomic E-state index is 0.0666. The van der Waals surface area contributed by atoms with Crippen molar-refractivity contribution in [3.63, 3.8) is 0 Å². The fourth-order valence-corrected chi connectivity index (χ4v) is 2.90. The number of rotatable bonds is 8. The number of nitrogens with zero attached hydrogens (tertiary/aromatic N) is 2. The van der Waals surface area contributed by atoms with Gasteiger partial charge >= 0.3 is 6.03 Å². The van der Waals surface area contributed by atoms with Gasteiger partial charge in [-0.05, 0) is 24.1 Å². The third kappa shape index (κ3) is 7.39. The van der Waals surface area contributed by atoms with Crippen LogP contribution in [0.25, 0.3) is 0 Å². The molecule has 0 saturated heterocycles. The quantitative estimate of drug-likeness (QED) is 0.788. The number of aromatic nitrogens is 1. The third-order valence-corrected chi connectivity index (χ3v) is 4.41. The average Bonchev–Trinajstić information content (AvgIpc) is 2.64. The van der Waals surface area contributed by atoms with Crippen molar-refractivity contribution in [1.29, 1.82) is 0 Å². The SMILES string of the molecule is CC(=O)SCCN(CCc1ccccc1)C(=O)NCc1ccccn1. The highest BCUT2D eigenvalue weighted by atomic mass is 32.2. The van der Waals surface area contributed by atoms with E-state index in [0.29, 0.717) is 25.4 Å². The average molecular weight is 357 g/mol. The lowest BCUT2D eigenvalue weighted by Crippen LogP contribution is -2.42. The number of carbonyl (C=O) groups excluding carboxylic acids is 2. The summed E-state index contributed by atoms with van der Waals surface area (Å²) in [6.07, 6.45) is 2.49. The number of hydrogen-bond donors (Lipinski definition) is 1. The number of hydrogen-bond acceptors (Lipinski definition) is 4. The second-order valence-corrected chi connectivity index (χ2v) is 6.81.